The summed E-state index contributed by atoms with van der Waals surface area (Å²) in [7, 11) is 0. The molecule has 2 atom stereocenters. The van der Waals surface area contributed by atoms with Crippen molar-refractivity contribution in [3.8, 4) is 0 Å². The Morgan fingerprint density at radius 1 is 1.20 bits per heavy atom. The Morgan fingerprint density at radius 3 is 2.10 bits per heavy atom. The van der Waals surface area contributed by atoms with Crippen LogP contribution in [0.25, 0.3) is 0 Å². The molecule has 20 heavy (non-hydrogen) atoms. The first kappa shape index (κ1) is 16.0. The highest BCUT2D eigenvalue weighted by Crippen LogP contribution is 2.27. The SMILES string of the molecule is CC(F)(F)[C@H](NC(=O)c1ccccc1)[C@@](C)(O)C(=O)O. The molecule has 0 aromatic heterocycles. The van der Waals surface area contributed by atoms with Crippen molar-refractivity contribution in [2.24, 2.45) is 0 Å². The maximum atomic E-state index is 13.5. The smallest absolute Gasteiger partial charge is 0.337 e. The van der Waals surface area contributed by atoms with Crippen molar-refractivity contribution < 1.29 is 28.6 Å². The molecule has 0 spiro atoms. The average Bonchev–Trinajstić information content (AvgIpc) is 2.34. The van der Waals surface area contributed by atoms with Gasteiger partial charge < -0.3 is 15.5 Å². The Kier molecular flexibility index (Phi) is 4.44. The van der Waals surface area contributed by atoms with Crippen LogP contribution in [0, 0.1) is 0 Å². The van der Waals surface area contributed by atoms with E-state index in [2.05, 4.69) is 0 Å². The number of alkyl halides is 2. The van der Waals surface area contributed by atoms with E-state index in [0.29, 0.717) is 13.8 Å². The molecule has 0 unspecified atom stereocenters. The van der Waals surface area contributed by atoms with Gasteiger partial charge in [0.2, 0.25) is 0 Å². The van der Waals surface area contributed by atoms with Gasteiger partial charge in [-0.1, -0.05) is 18.2 Å². The van der Waals surface area contributed by atoms with Gasteiger partial charge in [0.1, 0.15) is 6.04 Å². The number of halogens is 2. The third kappa shape index (κ3) is 3.51. The van der Waals surface area contributed by atoms with Crippen LogP contribution in [0.5, 0.6) is 0 Å². The van der Waals surface area contributed by atoms with Gasteiger partial charge in [0, 0.05) is 12.5 Å². The summed E-state index contributed by atoms with van der Waals surface area (Å²) in [4.78, 5) is 22.7. The second-order valence-electron chi connectivity index (χ2n) is 4.68. The molecule has 0 saturated heterocycles. The van der Waals surface area contributed by atoms with Crippen LogP contribution in [0.1, 0.15) is 24.2 Å². The number of hydrogen-bond donors (Lipinski definition) is 3. The second kappa shape index (κ2) is 5.54. The first-order chi connectivity index (χ1) is 9.06. The Bertz CT molecular complexity index is 497. The van der Waals surface area contributed by atoms with Crippen molar-refractivity contribution in [3.63, 3.8) is 0 Å². The van der Waals surface area contributed by atoms with Crippen molar-refractivity contribution in [1.29, 1.82) is 0 Å². The van der Waals surface area contributed by atoms with Gasteiger partial charge in [-0.2, -0.15) is 0 Å². The fourth-order valence-electron chi connectivity index (χ4n) is 1.69. The standard InChI is InChI=1S/C13H15F2NO4/c1-12(20,11(18)19)10(13(2,14)15)16-9(17)8-6-4-3-5-7-8/h3-7,10,20H,1-2H3,(H,16,17)(H,18,19)/t10-,12-/m1/s1. The molecule has 0 aliphatic carbocycles. The maximum Gasteiger partial charge on any atom is 0.337 e. The lowest BCUT2D eigenvalue weighted by molar-refractivity contribution is -0.171. The molecule has 1 aromatic carbocycles. The van der Waals surface area contributed by atoms with E-state index < -0.39 is 29.4 Å². The van der Waals surface area contributed by atoms with E-state index in [1.165, 1.54) is 24.3 Å². The molecule has 0 radical (unpaired) electrons. The lowest BCUT2D eigenvalue weighted by Gasteiger charge is -2.33. The molecule has 0 fully saturated rings. The maximum absolute atomic E-state index is 13.5. The summed E-state index contributed by atoms with van der Waals surface area (Å²) in [5.41, 5.74) is -2.72. The third-order valence-corrected chi connectivity index (χ3v) is 2.81. The predicted octanol–water partition coefficient (Wildman–Crippen LogP) is 1.28. The molecule has 0 saturated carbocycles. The van der Waals surface area contributed by atoms with E-state index in [-0.39, 0.29) is 5.56 Å². The Balaban J connectivity index is 3.04. The topological polar surface area (TPSA) is 86.6 Å². The van der Waals surface area contributed by atoms with Crippen LogP contribution in [0.4, 0.5) is 8.78 Å². The van der Waals surface area contributed by atoms with Gasteiger partial charge in [0.05, 0.1) is 0 Å². The number of aliphatic carboxylic acids is 1. The number of hydrogen-bond acceptors (Lipinski definition) is 3. The number of carboxylic acids is 1. The highest BCUT2D eigenvalue weighted by molar-refractivity contribution is 5.95. The molecule has 7 heteroatoms. The second-order valence-corrected chi connectivity index (χ2v) is 4.68. The number of carbonyl (C=O) groups excluding carboxylic acids is 1. The molecule has 0 heterocycles. The quantitative estimate of drug-likeness (QED) is 0.761. The lowest BCUT2D eigenvalue weighted by Crippen LogP contribution is -2.62. The number of nitrogens with one attached hydrogen (secondary N) is 1. The first-order valence-corrected chi connectivity index (χ1v) is 5.76. The molecule has 3 N–H and O–H groups in total. The number of carboxylic acid groups (broad SMARTS) is 1. The summed E-state index contributed by atoms with van der Waals surface area (Å²) >= 11 is 0. The molecule has 0 bridgehead atoms. The van der Waals surface area contributed by atoms with E-state index in [0.717, 1.165) is 0 Å². The lowest BCUT2D eigenvalue weighted by atomic mass is 9.91. The zero-order valence-electron chi connectivity index (χ0n) is 10.9. The van der Waals surface area contributed by atoms with Crippen molar-refractivity contribution >= 4 is 11.9 Å². The minimum atomic E-state index is -3.62. The Hall–Kier alpha value is -2.02. The van der Waals surface area contributed by atoms with Gasteiger partial charge in [-0.3, -0.25) is 4.79 Å². The Morgan fingerprint density at radius 2 is 1.70 bits per heavy atom. The minimum Gasteiger partial charge on any atom is -0.479 e. The van der Waals surface area contributed by atoms with E-state index >= 15 is 0 Å². The van der Waals surface area contributed by atoms with Crippen LogP contribution >= 0.6 is 0 Å². The summed E-state index contributed by atoms with van der Waals surface area (Å²) in [6.07, 6.45) is 0. The first-order valence-electron chi connectivity index (χ1n) is 5.76. The van der Waals surface area contributed by atoms with E-state index in [9.17, 15) is 23.5 Å². The van der Waals surface area contributed by atoms with Crippen LogP contribution in [0.3, 0.4) is 0 Å². The van der Waals surface area contributed by atoms with Crippen molar-refractivity contribution in [2.75, 3.05) is 0 Å². The molecule has 0 aliphatic rings. The molecule has 1 rings (SSSR count). The van der Waals surface area contributed by atoms with Crippen molar-refractivity contribution in [3.05, 3.63) is 35.9 Å². The minimum absolute atomic E-state index is 0.0861. The summed E-state index contributed by atoms with van der Waals surface area (Å²) < 4.78 is 27.0. The predicted molar refractivity (Wildman–Crippen MR) is 66.6 cm³/mol. The highest BCUT2D eigenvalue weighted by Gasteiger charge is 2.52. The van der Waals surface area contributed by atoms with E-state index in [1.807, 2.05) is 5.32 Å². The van der Waals surface area contributed by atoms with Crippen molar-refractivity contribution in [1.82, 2.24) is 5.32 Å². The molecule has 5 nitrogen and oxygen atoms in total. The number of aliphatic hydroxyl groups is 1. The molecule has 1 aromatic rings. The zero-order chi connectivity index (χ0) is 15.6. The van der Waals surface area contributed by atoms with Crippen LogP contribution < -0.4 is 5.32 Å². The summed E-state index contributed by atoms with van der Waals surface area (Å²) in [5.74, 6) is -6.36. The normalized spacial score (nSPS) is 16.1. The van der Waals surface area contributed by atoms with Gasteiger partial charge in [-0.05, 0) is 19.1 Å². The molecule has 110 valence electrons. The Labute approximate surface area is 114 Å². The highest BCUT2D eigenvalue weighted by atomic mass is 19.3. The van der Waals surface area contributed by atoms with E-state index in [1.54, 1.807) is 6.07 Å². The van der Waals surface area contributed by atoms with Gasteiger partial charge >= 0.3 is 5.97 Å². The fourth-order valence-corrected chi connectivity index (χ4v) is 1.69. The van der Waals surface area contributed by atoms with Crippen LogP contribution in [0.15, 0.2) is 30.3 Å². The van der Waals surface area contributed by atoms with Crippen LogP contribution in [0.2, 0.25) is 0 Å². The number of benzene rings is 1. The average molecular weight is 287 g/mol. The number of rotatable bonds is 5. The summed E-state index contributed by atoms with van der Waals surface area (Å²) in [5, 5.41) is 20.4. The molecular formula is C13H15F2NO4. The number of carbonyl (C=O) groups is 2. The van der Waals surface area contributed by atoms with E-state index in [4.69, 9.17) is 5.11 Å². The summed E-state index contributed by atoms with van der Waals surface area (Å²) in [6.45, 7) is 1.14. The summed E-state index contributed by atoms with van der Waals surface area (Å²) in [6, 6.07) is 5.20. The van der Waals surface area contributed by atoms with Crippen molar-refractivity contribution in [2.45, 2.75) is 31.4 Å². The van der Waals surface area contributed by atoms with Crippen LogP contribution in [-0.2, 0) is 4.79 Å². The molecular weight excluding hydrogens is 272 g/mol. The number of amides is 1. The monoisotopic (exact) mass is 287 g/mol. The zero-order valence-corrected chi connectivity index (χ0v) is 10.9. The van der Waals surface area contributed by atoms with Gasteiger partial charge in [0.15, 0.2) is 5.60 Å². The fraction of sp³-hybridized carbons (Fsp3) is 0.385. The van der Waals surface area contributed by atoms with Gasteiger partial charge in [-0.15, -0.1) is 0 Å². The molecule has 1 amide bonds. The van der Waals surface area contributed by atoms with Gasteiger partial charge in [-0.25, -0.2) is 13.6 Å². The third-order valence-electron chi connectivity index (χ3n) is 2.81. The molecule has 0 aliphatic heterocycles. The van der Waals surface area contributed by atoms with Crippen LogP contribution in [-0.4, -0.2) is 39.7 Å². The van der Waals surface area contributed by atoms with Gasteiger partial charge in [0.25, 0.3) is 11.8 Å². The largest absolute Gasteiger partial charge is 0.479 e.